The lowest BCUT2D eigenvalue weighted by molar-refractivity contribution is 0.272. The first-order valence-electron chi connectivity index (χ1n) is 5.38. The fraction of sp³-hybridized carbons (Fsp3) is 0.700. The minimum Gasteiger partial charge on any atom is -0.394 e. The Morgan fingerprint density at radius 3 is 2.93 bits per heavy atom. The normalized spacial score (nSPS) is 17.7. The van der Waals surface area contributed by atoms with Crippen LogP contribution in [-0.4, -0.2) is 22.1 Å². The van der Waals surface area contributed by atoms with Crippen molar-refractivity contribution in [2.45, 2.75) is 38.1 Å². The van der Waals surface area contributed by atoms with Crippen molar-refractivity contribution in [3.05, 3.63) is 5.56 Å². The molecule has 1 fully saturated rings. The van der Waals surface area contributed by atoms with Gasteiger partial charge < -0.3 is 16.2 Å². The number of aliphatic hydroxyl groups is 1. The maximum atomic E-state index is 9.13. The lowest BCUT2D eigenvalue weighted by Gasteiger charge is -2.14. The van der Waals surface area contributed by atoms with Gasteiger partial charge in [0, 0.05) is 11.6 Å². The molecule has 0 aliphatic heterocycles. The molecular weight excluding hydrogens is 210 g/mol. The van der Waals surface area contributed by atoms with Gasteiger partial charge in [-0.05, 0) is 36.7 Å². The van der Waals surface area contributed by atoms with Gasteiger partial charge in [0.1, 0.15) is 10.8 Å². The maximum Gasteiger partial charge on any atom is 0.142 e. The summed E-state index contributed by atoms with van der Waals surface area (Å²) in [5, 5.41) is 13.5. The summed E-state index contributed by atoms with van der Waals surface area (Å²) in [6.07, 6.45) is 3.33. The SMILES string of the molecule is CCC(CO)Nc1snc(N)c1C1CC1. The smallest absolute Gasteiger partial charge is 0.142 e. The summed E-state index contributed by atoms with van der Waals surface area (Å²) in [6.45, 7) is 2.20. The molecule has 0 spiro atoms. The molecule has 1 aromatic rings. The Bertz CT molecular complexity index is 331. The summed E-state index contributed by atoms with van der Waals surface area (Å²) < 4.78 is 4.17. The summed E-state index contributed by atoms with van der Waals surface area (Å²) in [7, 11) is 0. The minimum atomic E-state index is 0.113. The second-order valence-electron chi connectivity index (χ2n) is 4.02. The molecule has 4 N–H and O–H groups in total. The van der Waals surface area contributed by atoms with E-state index in [0.717, 1.165) is 11.4 Å². The van der Waals surface area contributed by atoms with Crippen LogP contribution in [0.25, 0.3) is 0 Å². The number of aliphatic hydroxyl groups excluding tert-OH is 1. The Balaban J connectivity index is 2.13. The van der Waals surface area contributed by atoms with E-state index in [1.807, 2.05) is 0 Å². The van der Waals surface area contributed by atoms with E-state index in [-0.39, 0.29) is 12.6 Å². The highest BCUT2D eigenvalue weighted by molar-refractivity contribution is 7.10. The molecule has 0 radical (unpaired) electrons. The second kappa shape index (κ2) is 4.37. The lowest BCUT2D eigenvalue weighted by Crippen LogP contribution is -2.22. The molecule has 2 rings (SSSR count). The Hall–Kier alpha value is -0.810. The van der Waals surface area contributed by atoms with Gasteiger partial charge in [0.05, 0.1) is 6.61 Å². The van der Waals surface area contributed by atoms with Crippen molar-refractivity contribution in [2.75, 3.05) is 17.7 Å². The zero-order chi connectivity index (χ0) is 10.8. The van der Waals surface area contributed by atoms with Gasteiger partial charge in [-0.25, -0.2) is 0 Å². The molecule has 1 unspecified atom stereocenters. The van der Waals surface area contributed by atoms with Gasteiger partial charge in [-0.15, -0.1) is 0 Å². The predicted octanol–water partition coefficient (Wildman–Crippen LogP) is 1.79. The number of nitrogen functional groups attached to an aromatic ring is 1. The first kappa shape index (κ1) is 10.7. The third-order valence-electron chi connectivity index (χ3n) is 2.79. The molecule has 0 bridgehead atoms. The number of aromatic nitrogens is 1. The number of anilines is 2. The van der Waals surface area contributed by atoms with Gasteiger partial charge in [0.25, 0.3) is 0 Å². The molecule has 1 aromatic heterocycles. The van der Waals surface area contributed by atoms with Crippen molar-refractivity contribution < 1.29 is 5.11 Å². The van der Waals surface area contributed by atoms with E-state index in [9.17, 15) is 0 Å². The van der Waals surface area contributed by atoms with Crippen LogP contribution >= 0.6 is 11.5 Å². The van der Waals surface area contributed by atoms with E-state index >= 15 is 0 Å². The van der Waals surface area contributed by atoms with Crippen LogP contribution in [0.3, 0.4) is 0 Å². The maximum absolute atomic E-state index is 9.13. The number of nitrogens with one attached hydrogen (secondary N) is 1. The standard InChI is InChI=1S/C10H17N3OS/c1-2-7(5-14)12-10-8(6-3-4-6)9(11)13-15-10/h6-7,12,14H,2-5H2,1H3,(H2,11,13). The van der Waals surface area contributed by atoms with Crippen LogP contribution in [0.5, 0.6) is 0 Å². The number of nitrogens with two attached hydrogens (primary N) is 1. The molecule has 1 atom stereocenters. The van der Waals surface area contributed by atoms with Crippen LogP contribution in [0.2, 0.25) is 0 Å². The second-order valence-corrected chi connectivity index (χ2v) is 4.79. The van der Waals surface area contributed by atoms with Crippen molar-refractivity contribution in [1.82, 2.24) is 4.37 Å². The number of rotatable bonds is 5. The van der Waals surface area contributed by atoms with Crippen molar-refractivity contribution in [3.8, 4) is 0 Å². The van der Waals surface area contributed by atoms with Gasteiger partial charge in [-0.1, -0.05) is 6.92 Å². The quantitative estimate of drug-likeness (QED) is 0.717. The van der Waals surface area contributed by atoms with Crippen molar-refractivity contribution in [1.29, 1.82) is 0 Å². The van der Waals surface area contributed by atoms with Crippen LogP contribution in [0.1, 0.15) is 37.7 Å². The number of hydrogen-bond donors (Lipinski definition) is 3. The molecule has 84 valence electrons. The first-order chi connectivity index (χ1) is 7.26. The zero-order valence-electron chi connectivity index (χ0n) is 8.86. The highest BCUT2D eigenvalue weighted by Crippen LogP contribution is 2.47. The van der Waals surface area contributed by atoms with E-state index in [0.29, 0.717) is 11.7 Å². The molecule has 0 amide bonds. The topological polar surface area (TPSA) is 71.2 Å². The third-order valence-corrected chi connectivity index (χ3v) is 3.60. The molecule has 15 heavy (non-hydrogen) atoms. The Kier molecular flexibility index (Phi) is 3.11. The molecule has 1 aliphatic carbocycles. The Labute approximate surface area is 93.7 Å². The van der Waals surface area contributed by atoms with Crippen molar-refractivity contribution in [3.63, 3.8) is 0 Å². The molecule has 0 saturated heterocycles. The van der Waals surface area contributed by atoms with Gasteiger partial charge in [0.15, 0.2) is 0 Å². The average Bonchev–Trinajstić information content (AvgIpc) is 3.01. The minimum absolute atomic E-state index is 0.113. The predicted molar refractivity (Wildman–Crippen MR) is 63.3 cm³/mol. The van der Waals surface area contributed by atoms with Crippen molar-refractivity contribution >= 4 is 22.4 Å². The number of nitrogens with zero attached hydrogens (tertiary/aromatic N) is 1. The molecule has 4 nitrogen and oxygen atoms in total. The molecule has 1 heterocycles. The van der Waals surface area contributed by atoms with Crippen LogP contribution in [-0.2, 0) is 0 Å². The Morgan fingerprint density at radius 1 is 1.67 bits per heavy atom. The van der Waals surface area contributed by atoms with E-state index < -0.39 is 0 Å². The van der Waals surface area contributed by atoms with Gasteiger partial charge >= 0.3 is 0 Å². The van der Waals surface area contributed by atoms with Crippen molar-refractivity contribution in [2.24, 2.45) is 0 Å². The first-order valence-corrected chi connectivity index (χ1v) is 6.16. The molecule has 0 aromatic carbocycles. The fourth-order valence-corrected chi connectivity index (χ4v) is 2.52. The van der Waals surface area contributed by atoms with E-state index in [4.69, 9.17) is 10.8 Å². The fourth-order valence-electron chi connectivity index (χ4n) is 1.64. The molecule has 1 aliphatic rings. The summed E-state index contributed by atoms with van der Waals surface area (Å²) >= 11 is 1.41. The summed E-state index contributed by atoms with van der Waals surface area (Å²) in [6, 6.07) is 0.113. The molecule has 1 saturated carbocycles. The zero-order valence-corrected chi connectivity index (χ0v) is 9.68. The highest BCUT2D eigenvalue weighted by atomic mass is 32.1. The Morgan fingerprint density at radius 2 is 2.40 bits per heavy atom. The van der Waals surface area contributed by atoms with E-state index in [1.165, 1.54) is 29.9 Å². The lowest BCUT2D eigenvalue weighted by atomic mass is 10.2. The molecular formula is C10H17N3OS. The van der Waals surface area contributed by atoms with Crippen LogP contribution in [0.15, 0.2) is 0 Å². The third kappa shape index (κ3) is 2.23. The summed E-state index contributed by atoms with van der Waals surface area (Å²) in [4.78, 5) is 0. The highest BCUT2D eigenvalue weighted by Gasteiger charge is 2.30. The van der Waals surface area contributed by atoms with Crippen LogP contribution < -0.4 is 11.1 Å². The van der Waals surface area contributed by atoms with Crippen LogP contribution in [0, 0.1) is 0 Å². The van der Waals surface area contributed by atoms with Gasteiger partial charge in [-0.3, -0.25) is 0 Å². The molecule has 5 heteroatoms. The monoisotopic (exact) mass is 227 g/mol. The largest absolute Gasteiger partial charge is 0.394 e. The summed E-state index contributed by atoms with van der Waals surface area (Å²) in [5.41, 5.74) is 7.01. The van der Waals surface area contributed by atoms with Gasteiger partial charge in [0.2, 0.25) is 0 Å². The average molecular weight is 227 g/mol. The van der Waals surface area contributed by atoms with Crippen LogP contribution in [0.4, 0.5) is 10.8 Å². The summed E-state index contributed by atoms with van der Waals surface area (Å²) in [5.74, 6) is 1.26. The van der Waals surface area contributed by atoms with Gasteiger partial charge in [-0.2, -0.15) is 4.37 Å². The van der Waals surface area contributed by atoms with E-state index in [1.54, 1.807) is 0 Å². The number of hydrogen-bond acceptors (Lipinski definition) is 5. The van der Waals surface area contributed by atoms with E-state index in [2.05, 4.69) is 16.6 Å².